The number of nitrogens with zero attached hydrogens (tertiary/aromatic N) is 3. The predicted molar refractivity (Wildman–Crippen MR) is 85.2 cm³/mol. The Balaban J connectivity index is 1.61. The molecule has 1 aromatic heterocycles. The Hall–Kier alpha value is -1.39. The van der Waals surface area contributed by atoms with Gasteiger partial charge in [0.05, 0.1) is 17.1 Å². The maximum atomic E-state index is 4.88. The highest BCUT2D eigenvalue weighted by Crippen LogP contribution is 2.32. The molecule has 2 aromatic rings. The van der Waals surface area contributed by atoms with E-state index in [9.17, 15) is 0 Å². The molecule has 21 heavy (non-hydrogen) atoms. The van der Waals surface area contributed by atoms with E-state index in [1.807, 2.05) is 0 Å². The zero-order valence-electron chi connectivity index (χ0n) is 12.9. The largest absolute Gasteiger partial charge is 0.330 e. The van der Waals surface area contributed by atoms with E-state index in [2.05, 4.69) is 53.0 Å². The lowest BCUT2D eigenvalue weighted by molar-refractivity contribution is 0.239. The van der Waals surface area contributed by atoms with Crippen LogP contribution in [0.2, 0.25) is 0 Å². The molecule has 0 saturated carbocycles. The minimum absolute atomic E-state index is 0.384. The first-order valence-corrected chi connectivity index (χ1v) is 8.13. The van der Waals surface area contributed by atoms with Crippen molar-refractivity contribution in [3.8, 4) is 0 Å². The van der Waals surface area contributed by atoms with Gasteiger partial charge in [-0.05, 0) is 44.4 Å². The maximum Gasteiger partial charge on any atom is 0.126 e. The molecule has 0 amide bonds. The van der Waals surface area contributed by atoms with Gasteiger partial charge in [-0.2, -0.15) is 0 Å². The lowest BCUT2D eigenvalue weighted by atomic mass is 9.94. The lowest BCUT2D eigenvalue weighted by Gasteiger charge is -2.25. The van der Waals surface area contributed by atoms with E-state index >= 15 is 0 Å². The van der Waals surface area contributed by atoms with Gasteiger partial charge in [0.1, 0.15) is 5.82 Å². The van der Waals surface area contributed by atoms with Crippen LogP contribution in [0.25, 0.3) is 11.0 Å². The van der Waals surface area contributed by atoms with Gasteiger partial charge >= 0.3 is 0 Å². The van der Waals surface area contributed by atoms with Crippen LogP contribution in [-0.4, -0.2) is 40.1 Å². The summed E-state index contributed by atoms with van der Waals surface area (Å²) in [5, 5.41) is 3.69. The Morgan fingerprint density at radius 3 is 2.95 bits per heavy atom. The van der Waals surface area contributed by atoms with E-state index in [0.29, 0.717) is 12.1 Å². The first kappa shape index (κ1) is 13.3. The van der Waals surface area contributed by atoms with E-state index in [1.165, 1.54) is 37.3 Å². The van der Waals surface area contributed by atoms with Crippen LogP contribution in [0.4, 0.5) is 0 Å². The summed E-state index contributed by atoms with van der Waals surface area (Å²) in [5.41, 5.74) is 2.34. The fourth-order valence-corrected chi connectivity index (χ4v) is 4.10. The minimum atomic E-state index is 0.384. The van der Waals surface area contributed by atoms with Gasteiger partial charge < -0.3 is 9.88 Å². The molecule has 4 rings (SSSR count). The summed E-state index contributed by atoms with van der Waals surface area (Å²) >= 11 is 0. The molecule has 0 aliphatic carbocycles. The fourth-order valence-electron chi connectivity index (χ4n) is 4.10. The van der Waals surface area contributed by atoms with Gasteiger partial charge in [0.2, 0.25) is 0 Å². The van der Waals surface area contributed by atoms with E-state index < -0.39 is 0 Å². The second-order valence-corrected chi connectivity index (χ2v) is 6.61. The Morgan fingerprint density at radius 1 is 1.29 bits per heavy atom. The molecule has 2 aliphatic rings. The average molecular weight is 284 g/mol. The molecule has 0 radical (unpaired) electrons. The number of hydrogen-bond donors (Lipinski definition) is 1. The van der Waals surface area contributed by atoms with E-state index in [0.717, 1.165) is 18.0 Å². The first-order valence-electron chi connectivity index (χ1n) is 8.13. The summed E-state index contributed by atoms with van der Waals surface area (Å²) in [6.07, 6.45) is 2.71. The van der Waals surface area contributed by atoms with Gasteiger partial charge in [0.25, 0.3) is 0 Å². The number of hydrogen-bond acceptors (Lipinski definition) is 3. The van der Waals surface area contributed by atoms with Crippen LogP contribution in [0, 0.1) is 5.92 Å². The van der Waals surface area contributed by atoms with Crippen LogP contribution in [0.5, 0.6) is 0 Å². The summed E-state index contributed by atoms with van der Waals surface area (Å²) in [4.78, 5) is 7.48. The van der Waals surface area contributed by atoms with Crippen molar-refractivity contribution in [3.63, 3.8) is 0 Å². The molecule has 1 aromatic carbocycles. The van der Waals surface area contributed by atoms with Crippen molar-refractivity contribution in [2.45, 2.75) is 31.8 Å². The SMILES string of the molecule is CC(c1nc2ccccc2n1C)N1CC2CCCNC2C1. The molecule has 112 valence electrons. The van der Waals surface area contributed by atoms with Gasteiger partial charge in [-0.15, -0.1) is 0 Å². The number of imidazole rings is 1. The molecule has 3 unspecified atom stereocenters. The average Bonchev–Trinajstić information content (AvgIpc) is 3.08. The Morgan fingerprint density at radius 2 is 2.14 bits per heavy atom. The number of nitrogens with one attached hydrogen (secondary N) is 1. The van der Waals surface area contributed by atoms with Crippen molar-refractivity contribution in [3.05, 3.63) is 30.1 Å². The van der Waals surface area contributed by atoms with Crippen molar-refractivity contribution in [1.29, 1.82) is 0 Å². The standard InChI is InChI=1S/C17H24N4/c1-12(21-10-13-6-5-9-18-15(13)11-21)17-19-14-7-3-4-8-16(14)20(17)2/h3-4,7-8,12-13,15,18H,5-6,9-11H2,1-2H3. The number of para-hydroxylation sites is 2. The summed E-state index contributed by atoms with van der Waals surface area (Å²) in [6.45, 7) is 5.87. The number of fused-ring (bicyclic) bond motifs is 2. The molecule has 3 heterocycles. The number of rotatable bonds is 2. The third-order valence-corrected chi connectivity index (χ3v) is 5.37. The second kappa shape index (κ2) is 5.11. The normalized spacial score (nSPS) is 27.9. The summed E-state index contributed by atoms with van der Waals surface area (Å²) in [5.74, 6) is 2.02. The van der Waals surface area contributed by atoms with Crippen molar-refractivity contribution >= 4 is 11.0 Å². The Labute approximate surface area is 126 Å². The van der Waals surface area contributed by atoms with Gasteiger partial charge in [0.15, 0.2) is 0 Å². The molecule has 4 nitrogen and oxygen atoms in total. The topological polar surface area (TPSA) is 33.1 Å². The first-order chi connectivity index (χ1) is 10.2. The lowest BCUT2D eigenvalue weighted by Crippen LogP contribution is -2.40. The number of likely N-dealkylation sites (tertiary alicyclic amines) is 1. The van der Waals surface area contributed by atoms with Crippen LogP contribution in [0.3, 0.4) is 0 Å². The summed E-state index contributed by atoms with van der Waals surface area (Å²) < 4.78 is 2.26. The monoisotopic (exact) mass is 284 g/mol. The van der Waals surface area contributed by atoms with Gasteiger partial charge in [-0.1, -0.05) is 12.1 Å². The molecular formula is C17H24N4. The maximum absolute atomic E-state index is 4.88. The van der Waals surface area contributed by atoms with Crippen LogP contribution in [-0.2, 0) is 7.05 Å². The van der Waals surface area contributed by atoms with Crippen molar-refractivity contribution in [1.82, 2.24) is 19.8 Å². The molecule has 2 fully saturated rings. The smallest absolute Gasteiger partial charge is 0.126 e. The highest BCUT2D eigenvalue weighted by Gasteiger charge is 2.37. The van der Waals surface area contributed by atoms with Crippen LogP contribution in [0.15, 0.2) is 24.3 Å². The fraction of sp³-hybridized carbons (Fsp3) is 0.588. The summed E-state index contributed by atoms with van der Waals surface area (Å²) in [7, 11) is 2.14. The van der Waals surface area contributed by atoms with Crippen LogP contribution in [0.1, 0.15) is 31.6 Å². The minimum Gasteiger partial charge on any atom is -0.330 e. The quantitative estimate of drug-likeness (QED) is 0.919. The highest BCUT2D eigenvalue weighted by molar-refractivity contribution is 5.75. The van der Waals surface area contributed by atoms with Crippen molar-refractivity contribution in [2.24, 2.45) is 13.0 Å². The molecule has 2 saturated heterocycles. The third kappa shape index (κ3) is 2.17. The third-order valence-electron chi connectivity index (χ3n) is 5.37. The van der Waals surface area contributed by atoms with Gasteiger partial charge in [-0.3, -0.25) is 4.90 Å². The molecule has 2 aliphatic heterocycles. The second-order valence-electron chi connectivity index (χ2n) is 6.61. The Bertz CT molecular complexity index is 633. The number of aromatic nitrogens is 2. The van der Waals surface area contributed by atoms with E-state index in [4.69, 9.17) is 4.98 Å². The van der Waals surface area contributed by atoms with Gasteiger partial charge in [0, 0.05) is 26.2 Å². The highest BCUT2D eigenvalue weighted by atomic mass is 15.3. The number of aryl methyl sites for hydroxylation is 1. The van der Waals surface area contributed by atoms with Gasteiger partial charge in [-0.25, -0.2) is 4.98 Å². The summed E-state index contributed by atoms with van der Waals surface area (Å²) in [6, 6.07) is 9.50. The van der Waals surface area contributed by atoms with E-state index in [-0.39, 0.29) is 0 Å². The van der Waals surface area contributed by atoms with E-state index in [1.54, 1.807) is 0 Å². The van der Waals surface area contributed by atoms with Crippen molar-refractivity contribution in [2.75, 3.05) is 19.6 Å². The molecule has 4 heteroatoms. The van der Waals surface area contributed by atoms with Crippen LogP contribution >= 0.6 is 0 Å². The number of benzene rings is 1. The zero-order valence-corrected chi connectivity index (χ0v) is 12.9. The molecule has 1 N–H and O–H groups in total. The van der Waals surface area contributed by atoms with Crippen molar-refractivity contribution < 1.29 is 0 Å². The predicted octanol–water partition coefficient (Wildman–Crippen LogP) is 2.32. The zero-order chi connectivity index (χ0) is 14.4. The molecule has 0 spiro atoms. The molecular weight excluding hydrogens is 260 g/mol. The molecule has 0 bridgehead atoms. The van der Waals surface area contributed by atoms with Crippen LogP contribution < -0.4 is 5.32 Å². The Kier molecular flexibility index (Phi) is 3.23. The molecule has 3 atom stereocenters. The number of piperidine rings is 1.